The second-order valence-corrected chi connectivity index (χ2v) is 5.28. The lowest BCUT2D eigenvalue weighted by molar-refractivity contribution is 0.443. The van der Waals surface area contributed by atoms with Gasteiger partial charge in [-0.1, -0.05) is 23.4 Å². The lowest BCUT2D eigenvalue weighted by Gasteiger charge is -2.11. The molecule has 3 aromatic heterocycles. The van der Waals surface area contributed by atoms with Gasteiger partial charge in [0.05, 0.1) is 28.7 Å². The van der Waals surface area contributed by atoms with E-state index >= 15 is 0 Å². The molecule has 114 valence electrons. The molecule has 4 rings (SSSR count). The first-order valence-electron chi connectivity index (χ1n) is 7.35. The Morgan fingerprint density at radius 2 is 2.13 bits per heavy atom. The Labute approximate surface area is 132 Å². The van der Waals surface area contributed by atoms with Crippen molar-refractivity contribution in [2.45, 2.75) is 13.5 Å². The molecule has 0 atom stereocenters. The molecule has 0 amide bonds. The predicted molar refractivity (Wildman–Crippen MR) is 87.4 cm³/mol. The number of aryl methyl sites for hydroxylation is 1. The molecule has 23 heavy (non-hydrogen) atoms. The highest BCUT2D eigenvalue weighted by Gasteiger charge is 2.08. The number of para-hydroxylation sites is 1. The van der Waals surface area contributed by atoms with Crippen LogP contribution in [0.2, 0.25) is 0 Å². The van der Waals surface area contributed by atoms with Crippen LogP contribution in [-0.4, -0.2) is 19.9 Å². The molecule has 6 nitrogen and oxygen atoms in total. The maximum Gasteiger partial charge on any atom is 0.258 e. The summed E-state index contributed by atoms with van der Waals surface area (Å²) in [6.07, 6.45) is 5.47. The fourth-order valence-electron chi connectivity index (χ4n) is 2.53. The number of pyridine rings is 1. The number of hydrogen-bond acceptors (Lipinski definition) is 5. The van der Waals surface area contributed by atoms with Crippen LogP contribution in [0.4, 0.5) is 5.69 Å². The van der Waals surface area contributed by atoms with Crippen molar-refractivity contribution in [3.63, 3.8) is 0 Å². The number of benzene rings is 1. The van der Waals surface area contributed by atoms with Gasteiger partial charge in [0.2, 0.25) is 0 Å². The largest absolute Gasteiger partial charge is 0.380 e. The first kappa shape index (κ1) is 13.5. The van der Waals surface area contributed by atoms with Crippen LogP contribution in [0.15, 0.2) is 59.5 Å². The summed E-state index contributed by atoms with van der Waals surface area (Å²) in [6.45, 7) is 2.58. The maximum atomic E-state index is 5.13. The molecule has 0 saturated carbocycles. The quantitative estimate of drug-likeness (QED) is 0.626. The van der Waals surface area contributed by atoms with Gasteiger partial charge in [-0.05, 0) is 30.7 Å². The van der Waals surface area contributed by atoms with Crippen molar-refractivity contribution in [2.75, 3.05) is 5.32 Å². The molecule has 6 heteroatoms. The topological polar surface area (TPSA) is 68.8 Å². The molecule has 0 unspecified atom stereocenters. The van der Waals surface area contributed by atoms with Gasteiger partial charge < -0.3 is 9.84 Å². The lowest BCUT2D eigenvalue weighted by atomic mass is 10.1. The zero-order chi connectivity index (χ0) is 15.6. The summed E-state index contributed by atoms with van der Waals surface area (Å²) < 4.78 is 7.00. The Bertz CT molecular complexity index is 943. The van der Waals surface area contributed by atoms with Crippen LogP contribution in [0, 0.1) is 6.92 Å². The molecule has 0 aliphatic heterocycles. The Hall–Kier alpha value is -3.15. The predicted octanol–water partition coefficient (Wildman–Crippen LogP) is 3.33. The van der Waals surface area contributed by atoms with Gasteiger partial charge in [-0.2, -0.15) is 5.10 Å². The molecule has 0 fully saturated rings. The van der Waals surface area contributed by atoms with Crippen LogP contribution in [0.3, 0.4) is 0 Å². The Morgan fingerprint density at radius 1 is 1.22 bits per heavy atom. The van der Waals surface area contributed by atoms with Crippen molar-refractivity contribution < 1.29 is 4.52 Å². The zero-order valence-corrected chi connectivity index (χ0v) is 12.6. The van der Waals surface area contributed by atoms with Crippen LogP contribution in [-0.2, 0) is 6.54 Å². The smallest absolute Gasteiger partial charge is 0.258 e. The van der Waals surface area contributed by atoms with E-state index in [0.29, 0.717) is 12.3 Å². The van der Waals surface area contributed by atoms with Crippen LogP contribution in [0.25, 0.3) is 16.8 Å². The lowest BCUT2D eigenvalue weighted by Crippen LogP contribution is -2.05. The number of anilines is 1. The fraction of sp³-hybridized carbons (Fsp3) is 0.118. The Kier molecular flexibility index (Phi) is 3.27. The van der Waals surface area contributed by atoms with E-state index in [-0.39, 0.29) is 0 Å². The zero-order valence-electron chi connectivity index (χ0n) is 12.6. The second-order valence-electron chi connectivity index (χ2n) is 5.28. The second kappa shape index (κ2) is 5.57. The fourth-order valence-corrected chi connectivity index (χ4v) is 2.53. The van der Waals surface area contributed by atoms with Crippen molar-refractivity contribution in [3.05, 3.63) is 66.2 Å². The molecule has 0 aliphatic carbocycles. The van der Waals surface area contributed by atoms with E-state index in [1.807, 2.05) is 42.1 Å². The van der Waals surface area contributed by atoms with Gasteiger partial charge >= 0.3 is 0 Å². The van der Waals surface area contributed by atoms with Gasteiger partial charge in [0.1, 0.15) is 0 Å². The number of nitrogens with zero attached hydrogens (tertiary/aromatic N) is 4. The van der Waals surface area contributed by atoms with Crippen molar-refractivity contribution in [1.29, 1.82) is 0 Å². The molecule has 0 radical (unpaired) electrons. The van der Waals surface area contributed by atoms with E-state index in [2.05, 4.69) is 32.7 Å². The van der Waals surface area contributed by atoms with E-state index in [1.165, 1.54) is 0 Å². The molecule has 1 N–H and O–H groups in total. The summed E-state index contributed by atoms with van der Waals surface area (Å²) in [5, 5.41) is 12.6. The minimum absolute atomic E-state index is 0.560. The number of hydrogen-bond donors (Lipinski definition) is 1. The van der Waals surface area contributed by atoms with Gasteiger partial charge in [-0.25, -0.2) is 9.67 Å². The van der Waals surface area contributed by atoms with Crippen molar-refractivity contribution >= 4 is 16.8 Å². The molecule has 0 aliphatic rings. The van der Waals surface area contributed by atoms with Crippen LogP contribution < -0.4 is 5.32 Å². The van der Waals surface area contributed by atoms with Crippen LogP contribution >= 0.6 is 0 Å². The Balaban J connectivity index is 1.60. The van der Waals surface area contributed by atoms with Gasteiger partial charge in [-0.3, -0.25) is 0 Å². The van der Waals surface area contributed by atoms with Crippen molar-refractivity contribution in [2.24, 2.45) is 0 Å². The summed E-state index contributed by atoms with van der Waals surface area (Å²) >= 11 is 0. The van der Waals surface area contributed by atoms with Crippen LogP contribution in [0.1, 0.15) is 11.3 Å². The highest BCUT2D eigenvalue weighted by molar-refractivity contribution is 5.79. The summed E-state index contributed by atoms with van der Waals surface area (Å²) in [7, 11) is 0. The molecule has 0 bridgehead atoms. The standard InChI is InChI=1S/C17H15N5O/c1-12-15-9-14(11-19-17(15)23-21-12)18-10-13-5-2-3-6-16(13)22-8-4-7-20-22/h2-9,11,18H,10H2,1H3. The van der Waals surface area contributed by atoms with Crippen LogP contribution in [0.5, 0.6) is 0 Å². The third-order valence-corrected chi connectivity index (χ3v) is 3.74. The molecule has 0 spiro atoms. The van der Waals surface area contributed by atoms with E-state index in [9.17, 15) is 0 Å². The van der Waals surface area contributed by atoms with E-state index < -0.39 is 0 Å². The normalized spacial score (nSPS) is 11.0. The molecule has 1 aromatic carbocycles. The molecule has 4 aromatic rings. The summed E-state index contributed by atoms with van der Waals surface area (Å²) in [5.74, 6) is 0. The third kappa shape index (κ3) is 2.55. The number of aromatic nitrogens is 4. The third-order valence-electron chi connectivity index (χ3n) is 3.74. The molecular weight excluding hydrogens is 290 g/mol. The van der Waals surface area contributed by atoms with Crippen molar-refractivity contribution in [1.82, 2.24) is 19.9 Å². The monoisotopic (exact) mass is 305 g/mol. The van der Waals surface area contributed by atoms with Gasteiger partial charge in [0, 0.05) is 18.9 Å². The summed E-state index contributed by atoms with van der Waals surface area (Å²) in [4.78, 5) is 4.28. The molecule has 0 saturated heterocycles. The average Bonchev–Trinajstić information content (AvgIpc) is 3.24. The molecule has 3 heterocycles. The van der Waals surface area contributed by atoms with Crippen molar-refractivity contribution in [3.8, 4) is 5.69 Å². The van der Waals surface area contributed by atoms with Gasteiger partial charge in [0.15, 0.2) is 0 Å². The van der Waals surface area contributed by atoms with E-state index in [0.717, 1.165) is 28.0 Å². The Morgan fingerprint density at radius 3 is 3.00 bits per heavy atom. The highest BCUT2D eigenvalue weighted by Crippen LogP contribution is 2.21. The minimum Gasteiger partial charge on any atom is -0.380 e. The van der Waals surface area contributed by atoms with E-state index in [1.54, 1.807) is 12.4 Å². The van der Waals surface area contributed by atoms with Gasteiger partial charge in [0.25, 0.3) is 5.71 Å². The highest BCUT2D eigenvalue weighted by atomic mass is 16.5. The van der Waals surface area contributed by atoms with E-state index in [4.69, 9.17) is 4.52 Å². The number of nitrogens with one attached hydrogen (secondary N) is 1. The maximum absolute atomic E-state index is 5.13. The number of rotatable bonds is 4. The van der Waals surface area contributed by atoms with Gasteiger partial charge in [-0.15, -0.1) is 0 Å². The first-order valence-corrected chi connectivity index (χ1v) is 7.35. The molecular formula is C17H15N5O. The summed E-state index contributed by atoms with van der Waals surface area (Å²) in [6, 6.07) is 12.1. The first-order chi connectivity index (χ1) is 11.3. The number of fused-ring (bicyclic) bond motifs is 1. The average molecular weight is 305 g/mol. The summed E-state index contributed by atoms with van der Waals surface area (Å²) in [5.41, 5.74) is 4.54. The minimum atomic E-state index is 0.560. The SMILES string of the molecule is Cc1noc2ncc(NCc3ccccc3-n3cccn3)cc12.